The Morgan fingerprint density at radius 2 is 1.80 bits per heavy atom. The molecule has 2 heterocycles. The summed E-state index contributed by atoms with van der Waals surface area (Å²) in [5, 5.41) is 0. The van der Waals surface area contributed by atoms with Crippen molar-refractivity contribution in [3.8, 4) is 0 Å². The van der Waals surface area contributed by atoms with Gasteiger partial charge in [-0.1, -0.05) is 36.8 Å². The van der Waals surface area contributed by atoms with Crippen molar-refractivity contribution in [2.24, 2.45) is 0 Å². The van der Waals surface area contributed by atoms with Crippen LogP contribution in [-0.2, 0) is 9.59 Å². The van der Waals surface area contributed by atoms with Crippen molar-refractivity contribution < 1.29 is 9.59 Å². The molecule has 2 aliphatic rings. The van der Waals surface area contributed by atoms with Crippen molar-refractivity contribution in [3.05, 3.63) is 35.9 Å². The van der Waals surface area contributed by atoms with E-state index in [9.17, 15) is 9.59 Å². The zero-order valence-corrected chi connectivity index (χ0v) is 15.2. The zero-order valence-electron chi connectivity index (χ0n) is 15.2. The van der Waals surface area contributed by atoms with E-state index >= 15 is 0 Å². The van der Waals surface area contributed by atoms with Gasteiger partial charge in [0.05, 0.1) is 0 Å². The quantitative estimate of drug-likeness (QED) is 0.839. The van der Waals surface area contributed by atoms with E-state index in [-0.39, 0.29) is 11.8 Å². The van der Waals surface area contributed by atoms with E-state index in [1.165, 1.54) is 5.56 Å². The number of rotatable bonds is 4. The second-order valence-electron chi connectivity index (χ2n) is 7.36. The minimum atomic E-state index is 0.214. The predicted molar refractivity (Wildman–Crippen MR) is 99.3 cm³/mol. The first-order valence-corrected chi connectivity index (χ1v) is 9.84. The Morgan fingerprint density at radius 1 is 0.960 bits per heavy atom. The maximum atomic E-state index is 12.6. The lowest BCUT2D eigenvalue weighted by molar-refractivity contribution is -0.134. The Bertz CT molecular complexity index is 573. The van der Waals surface area contributed by atoms with Crippen molar-refractivity contribution in [1.82, 2.24) is 9.80 Å². The molecule has 0 spiro atoms. The van der Waals surface area contributed by atoms with Gasteiger partial charge in [-0.15, -0.1) is 0 Å². The molecule has 2 amide bonds. The molecule has 0 bridgehead atoms. The van der Waals surface area contributed by atoms with E-state index in [2.05, 4.69) is 30.3 Å². The molecule has 25 heavy (non-hydrogen) atoms. The Balaban J connectivity index is 1.48. The average Bonchev–Trinajstić information content (AvgIpc) is 3.01. The molecule has 0 N–H and O–H groups in total. The fourth-order valence-electron chi connectivity index (χ4n) is 4.07. The van der Waals surface area contributed by atoms with Crippen LogP contribution in [0.25, 0.3) is 0 Å². The molecule has 2 aliphatic heterocycles. The molecule has 136 valence electrons. The van der Waals surface area contributed by atoms with Crippen LogP contribution in [0.4, 0.5) is 0 Å². The van der Waals surface area contributed by atoms with E-state index in [1.807, 2.05) is 9.80 Å². The molecule has 0 aromatic heterocycles. The lowest BCUT2D eigenvalue weighted by Crippen LogP contribution is -2.37. The van der Waals surface area contributed by atoms with Crippen molar-refractivity contribution in [1.29, 1.82) is 0 Å². The number of nitrogens with zero attached hydrogens (tertiary/aromatic N) is 2. The molecule has 4 heteroatoms. The standard InChI is InChI=1S/C21H30N2O2/c24-20-11-5-2-6-14-22(20)17-13-21(25)23-15-7-10-19(12-16-23)18-8-3-1-4-9-18/h1,3-4,8-9,19H,2,5-7,10-17H2. The van der Waals surface area contributed by atoms with Gasteiger partial charge in [0, 0.05) is 39.0 Å². The van der Waals surface area contributed by atoms with Gasteiger partial charge in [0.15, 0.2) is 0 Å². The van der Waals surface area contributed by atoms with Gasteiger partial charge in [-0.05, 0) is 43.6 Å². The van der Waals surface area contributed by atoms with Gasteiger partial charge in [-0.25, -0.2) is 0 Å². The fourth-order valence-corrected chi connectivity index (χ4v) is 4.07. The summed E-state index contributed by atoms with van der Waals surface area (Å²) in [4.78, 5) is 28.6. The number of amides is 2. The largest absolute Gasteiger partial charge is 0.343 e. The summed E-state index contributed by atoms with van der Waals surface area (Å²) < 4.78 is 0. The van der Waals surface area contributed by atoms with Crippen LogP contribution < -0.4 is 0 Å². The molecule has 0 aliphatic carbocycles. The Labute approximate surface area is 151 Å². The first-order chi connectivity index (χ1) is 12.2. The molecule has 0 saturated carbocycles. The highest BCUT2D eigenvalue weighted by Crippen LogP contribution is 2.28. The van der Waals surface area contributed by atoms with Gasteiger partial charge < -0.3 is 9.80 Å². The normalized spacial score (nSPS) is 22.4. The second-order valence-corrected chi connectivity index (χ2v) is 7.36. The van der Waals surface area contributed by atoms with Crippen LogP contribution >= 0.6 is 0 Å². The van der Waals surface area contributed by atoms with Crippen LogP contribution in [0.2, 0.25) is 0 Å². The Morgan fingerprint density at radius 3 is 2.64 bits per heavy atom. The maximum Gasteiger partial charge on any atom is 0.224 e. The number of likely N-dealkylation sites (tertiary alicyclic amines) is 2. The summed E-state index contributed by atoms with van der Waals surface area (Å²) in [6.45, 7) is 3.11. The summed E-state index contributed by atoms with van der Waals surface area (Å²) in [5.74, 6) is 1.00. The summed E-state index contributed by atoms with van der Waals surface area (Å²) in [6.07, 6.45) is 7.57. The molecular weight excluding hydrogens is 312 g/mol. The van der Waals surface area contributed by atoms with Crippen LogP contribution in [0.1, 0.15) is 62.8 Å². The van der Waals surface area contributed by atoms with Gasteiger partial charge in [0.1, 0.15) is 0 Å². The summed E-state index contributed by atoms with van der Waals surface area (Å²) >= 11 is 0. The van der Waals surface area contributed by atoms with Crippen molar-refractivity contribution in [2.45, 2.75) is 57.3 Å². The highest BCUT2D eigenvalue weighted by atomic mass is 16.2. The summed E-state index contributed by atoms with van der Waals surface area (Å²) in [6, 6.07) is 10.7. The maximum absolute atomic E-state index is 12.6. The van der Waals surface area contributed by atoms with Crippen LogP contribution in [-0.4, -0.2) is 47.8 Å². The predicted octanol–water partition coefficient (Wildman–Crippen LogP) is 3.58. The SMILES string of the molecule is O=C1CCCCCN1CCC(=O)N1CCCC(c2ccccc2)CC1. The van der Waals surface area contributed by atoms with E-state index in [1.54, 1.807) is 0 Å². The summed E-state index contributed by atoms with van der Waals surface area (Å²) in [7, 11) is 0. The Kier molecular flexibility index (Phi) is 6.48. The average molecular weight is 342 g/mol. The third-order valence-electron chi connectivity index (χ3n) is 5.62. The lowest BCUT2D eigenvalue weighted by Gasteiger charge is -2.24. The monoisotopic (exact) mass is 342 g/mol. The van der Waals surface area contributed by atoms with Gasteiger partial charge >= 0.3 is 0 Å². The van der Waals surface area contributed by atoms with Gasteiger partial charge in [-0.3, -0.25) is 9.59 Å². The smallest absolute Gasteiger partial charge is 0.224 e. The number of carbonyl (C=O) groups excluding carboxylic acids is 2. The molecule has 3 rings (SSSR count). The molecule has 2 fully saturated rings. The van der Waals surface area contributed by atoms with E-state index in [4.69, 9.17) is 0 Å². The van der Waals surface area contributed by atoms with Gasteiger partial charge in [0.25, 0.3) is 0 Å². The molecule has 4 nitrogen and oxygen atoms in total. The minimum Gasteiger partial charge on any atom is -0.343 e. The first-order valence-electron chi connectivity index (χ1n) is 9.84. The van der Waals surface area contributed by atoms with Crippen molar-refractivity contribution >= 4 is 11.8 Å². The van der Waals surface area contributed by atoms with Crippen molar-refractivity contribution in [3.63, 3.8) is 0 Å². The Hall–Kier alpha value is -1.84. The molecule has 1 aromatic carbocycles. The number of hydrogen-bond donors (Lipinski definition) is 0. The minimum absolute atomic E-state index is 0.214. The lowest BCUT2D eigenvalue weighted by atomic mass is 9.92. The van der Waals surface area contributed by atoms with Crippen LogP contribution in [0, 0.1) is 0 Å². The summed E-state index contributed by atoms with van der Waals surface area (Å²) in [5.41, 5.74) is 1.40. The molecular formula is C21H30N2O2. The van der Waals surface area contributed by atoms with Crippen LogP contribution in [0.3, 0.4) is 0 Å². The highest BCUT2D eigenvalue weighted by Gasteiger charge is 2.23. The fraction of sp³-hybridized carbons (Fsp3) is 0.619. The second kappa shape index (κ2) is 9.02. The third kappa shape index (κ3) is 5.07. The van der Waals surface area contributed by atoms with Gasteiger partial charge in [0.2, 0.25) is 11.8 Å². The molecule has 0 radical (unpaired) electrons. The van der Waals surface area contributed by atoms with E-state index in [0.29, 0.717) is 25.3 Å². The van der Waals surface area contributed by atoms with E-state index in [0.717, 1.165) is 58.2 Å². The zero-order chi connectivity index (χ0) is 17.5. The molecule has 2 saturated heterocycles. The highest BCUT2D eigenvalue weighted by molar-refractivity contribution is 5.79. The number of carbonyl (C=O) groups is 2. The topological polar surface area (TPSA) is 40.6 Å². The number of benzene rings is 1. The molecule has 1 unspecified atom stereocenters. The third-order valence-corrected chi connectivity index (χ3v) is 5.62. The van der Waals surface area contributed by atoms with Crippen molar-refractivity contribution in [2.75, 3.05) is 26.2 Å². The van der Waals surface area contributed by atoms with Crippen LogP contribution in [0.15, 0.2) is 30.3 Å². The van der Waals surface area contributed by atoms with Crippen LogP contribution in [0.5, 0.6) is 0 Å². The molecule has 1 aromatic rings. The number of hydrogen-bond acceptors (Lipinski definition) is 2. The molecule has 1 atom stereocenters. The first kappa shape index (κ1) is 18.0. The van der Waals surface area contributed by atoms with Gasteiger partial charge in [-0.2, -0.15) is 0 Å². The van der Waals surface area contributed by atoms with E-state index < -0.39 is 0 Å².